The Hall–Kier alpha value is -1.42. The molecule has 1 aliphatic carbocycles. The third-order valence-corrected chi connectivity index (χ3v) is 4.32. The molecule has 0 saturated carbocycles. The van der Waals surface area contributed by atoms with E-state index in [4.69, 9.17) is 0 Å². The Morgan fingerprint density at radius 3 is 2.61 bits per heavy atom. The minimum atomic E-state index is -0.422. The van der Waals surface area contributed by atoms with Crippen LogP contribution < -0.4 is 0 Å². The number of aliphatic hydroxyl groups excluding tert-OH is 1. The molecule has 0 amide bonds. The molecule has 1 rings (SSSR count). The van der Waals surface area contributed by atoms with Crippen LogP contribution >= 0.6 is 0 Å². The second-order valence-electron chi connectivity index (χ2n) is 6.11. The number of ether oxygens (including phenoxy) is 1. The molecular formula is C19H30O4. The molecule has 4 heteroatoms. The molecule has 1 atom stereocenters. The fraction of sp³-hybridized carbons (Fsp3) is 0.684. The number of hydrogen-bond donors (Lipinski definition) is 1. The zero-order valence-electron chi connectivity index (χ0n) is 14.5. The van der Waals surface area contributed by atoms with Gasteiger partial charge in [0, 0.05) is 12.8 Å². The van der Waals surface area contributed by atoms with E-state index < -0.39 is 6.10 Å². The Kier molecular flexibility index (Phi) is 9.53. The summed E-state index contributed by atoms with van der Waals surface area (Å²) in [6.45, 7) is 1.93. The van der Waals surface area contributed by atoms with Gasteiger partial charge in [-0.3, -0.25) is 9.59 Å². The average Bonchev–Trinajstić information content (AvgIpc) is 2.91. The van der Waals surface area contributed by atoms with Crippen molar-refractivity contribution in [1.29, 1.82) is 0 Å². The summed E-state index contributed by atoms with van der Waals surface area (Å²) < 4.78 is 4.61. The molecule has 1 aliphatic rings. The first kappa shape index (κ1) is 19.6. The Bertz CT molecular complexity index is 448. The van der Waals surface area contributed by atoms with Crippen LogP contribution in [-0.2, 0) is 14.3 Å². The number of carbonyl (C=O) groups excluding carboxylic acids is 2. The summed E-state index contributed by atoms with van der Waals surface area (Å²) in [6.07, 6.45) is 11.8. The number of aliphatic hydroxyl groups is 1. The zero-order valence-corrected chi connectivity index (χ0v) is 14.5. The third kappa shape index (κ3) is 7.60. The fourth-order valence-electron chi connectivity index (χ4n) is 2.78. The Labute approximate surface area is 139 Å². The summed E-state index contributed by atoms with van der Waals surface area (Å²) in [5.41, 5.74) is 2.06. The monoisotopic (exact) mass is 322 g/mol. The average molecular weight is 322 g/mol. The van der Waals surface area contributed by atoms with E-state index in [1.165, 1.54) is 7.11 Å². The smallest absolute Gasteiger partial charge is 0.305 e. The van der Waals surface area contributed by atoms with Gasteiger partial charge in [-0.25, -0.2) is 0 Å². The SMILES string of the molecule is CCC(O)/C=C/C1=C(CCCCCCCC(=O)OC)C(=O)CC1. The van der Waals surface area contributed by atoms with E-state index in [-0.39, 0.29) is 11.8 Å². The predicted molar refractivity (Wildman–Crippen MR) is 91.0 cm³/mol. The summed E-state index contributed by atoms with van der Waals surface area (Å²) in [4.78, 5) is 23.0. The molecule has 0 aromatic rings. The normalized spacial score (nSPS) is 16.4. The molecule has 0 bridgehead atoms. The van der Waals surface area contributed by atoms with Gasteiger partial charge in [0.1, 0.15) is 0 Å². The van der Waals surface area contributed by atoms with Crippen molar-refractivity contribution in [2.45, 2.75) is 77.2 Å². The molecule has 1 N–H and O–H groups in total. The van der Waals surface area contributed by atoms with Crippen molar-refractivity contribution in [1.82, 2.24) is 0 Å². The van der Waals surface area contributed by atoms with Crippen LogP contribution in [-0.4, -0.2) is 30.1 Å². The van der Waals surface area contributed by atoms with Crippen molar-refractivity contribution in [2.24, 2.45) is 0 Å². The van der Waals surface area contributed by atoms with E-state index in [1.807, 2.05) is 13.0 Å². The van der Waals surface area contributed by atoms with Gasteiger partial charge in [0.2, 0.25) is 0 Å². The Morgan fingerprint density at radius 1 is 1.22 bits per heavy atom. The topological polar surface area (TPSA) is 63.6 Å². The standard InChI is InChI=1S/C19H30O4/c1-3-16(20)13-11-15-12-14-18(21)17(15)9-7-5-4-6-8-10-19(22)23-2/h11,13,16,20H,3-10,12,14H2,1-2H3/b13-11+. The highest BCUT2D eigenvalue weighted by atomic mass is 16.5. The molecule has 4 nitrogen and oxygen atoms in total. The fourth-order valence-corrected chi connectivity index (χ4v) is 2.78. The number of methoxy groups -OCH3 is 1. The van der Waals surface area contributed by atoms with Crippen molar-refractivity contribution in [2.75, 3.05) is 7.11 Å². The Balaban J connectivity index is 2.29. The van der Waals surface area contributed by atoms with Crippen LogP contribution in [0.1, 0.15) is 71.1 Å². The molecule has 0 spiro atoms. The maximum atomic E-state index is 12.0. The second-order valence-corrected chi connectivity index (χ2v) is 6.11. The van der Waals surface area contributed by atoms with Gasteiger partial charge in [-0.15, -0.1) is 0 Å². The van der Waals surface area contributed by atoms with Gasteiger partial charge < -0.3 is 9.84 Å². The van der Waals surface area contributed by atoms with Gasteiger partial charge in [0.05, 0.1) is 13.2 Å². The number of esters is 1. The van der Waals surface area contributed by atoms with E-state index in [0.29, 0.717) is 19.3 Å². The maximum absolute atomic E-state index is 12.0. The van der Waals surface area contributed by atoms with Crippen LogP contribution in [0.5, 0.6) is 0 Å². The van der Waals surface area contributed by atoms with E-state index in [1.54, 1.807) is 6.08 Å². The molecule has 0 aromatic heterocycles. The molecule has 23 heavy (non-hydrogen) atoms. The second kappa shape index (κ2) is 11.2. The minimum Gasteiger partial charge on any atom is -0.469 e. The van der Waals surface area contributed by atoms with Crippen LogP contribution in [0.25, 0.3) is 0 Å². The first-order chi connectivity index (χ1) is 11.1. The van der Waals surface area contributed by atoms with Crippen LogP contribution in [0.3, 0.4) is 0 Å². The highest BCUT2D eigenvalue weighted by molar-refractivity contribution is 5.99. The number of allylic oxidation sites excluding steroid dienone is 3. The maximum Gasteiger partial charge on any atom is 0.305 e. The number of Topliss-reactive ketones (excluding diaryl/α,β-unsaturated/α-hetero) is 1. The van der Waals surface area contributed by atoms with Gasteiger partial charge in [0.25, 0.3) is 0 Å². The van der Waals surface area contributed by atoms with Gasteiger partial charge in [-0.1, -0.05) is 38.3 Å². The lowest BCUT2D eigenvalue weighted by molar-refractivity contribution is -0.140. The van der Waals surface area contributed by atoms with E-state index in [9.17, 15) is 14.7 Å². The van der Waals surface area contributed by atoms with Crippen LogP contribution in [0.4, 0.5) is 0 Å². The summed E-state index contributed by atoms with van der Waals surface area (Å²) in [6, 6.07) is 0. The van der Waals surface area contributed by atoms with Gasteiger partial charge in [-0.05, 0) is 43.3 Å². The summed E-state index contributed by atoms with van der Waals surface area (Å²) in [7, 11) is 1.42. The van der Waals surface area contributed by atoms with E-state index >= 15 is 0 Å². The highest BCUT2D eigenvalue weighted by Gasteiger charge is 2.20. The first-order valence-electron chi connectivity index (χ1n) is 8.76. The van der Waals surface area contributed by atoms with Crippen molar-refractivity contribution in [3.63, 3.8) is 0 Å². The molecule has 0 fully saturated rings. The number of rotatable bonds is 11. The lowest BCUT2D eigenvalue weighted by atomic mass is 10.0. The number of ketones is 1. The van der Waals surface area contributed by atoms with Crippen LogP contribution in [0, 0.1) is 0 Å². The molecule has 0 aliphatic heterocycles. The van der Waals surface area contributed by atoms with E-state index in [2.05, 4.69) is 4.74 Å². The first-order valence-corrected chi connectivity index (χ1v) is 8.76. The molecule has 1 unspecified atom stereocenters. The quantitative estimate of drug-likeness (QED) is 0.463. The molecule has 0 saturated heterocycles. The summed E-state index contributed by atoms with van der Waals surface area (Å²) in [5.74, 6) is 0.124. The van der Waals surface area contributed by atoms with Gasteiger partial charge in [-0.2, -0.15) is 0 Å². The van der Waals surface area contributed by atoms with Crippen LogP contribution in [0.15, 0.2) is 23.3 Å². The van der Waals surface area contributed by atoms with Crippen LogP contribution in [0.2, 0.25) is 0 Å². The third-order valence-electron chi connectivity index (χ3n) is 4.32. The highest BCUT2D eigenvalue weighted by Crippen LogP contribution is 2.28. The number of unbranched alkanes of at least 4 members (excludes halogenated alkanes) is 4. The number of hydrogen-bond acceptors (Lipinski definition) is 4. The molecule has 0 aromatic carbocycles. The summed E-state index contributed by atoms with van der Waals surface area (Å²) in [5, 5.41) is 9.60. The van der Waals surface area contributed by atoms with Gasteiger partial charge >= 0.3 is 5.97 Å². The lowest BCUT2D eigenvalue weighted by Crippen LogP contribution is -2.00. The Morgan fingerprint density at radius 2 is 1.91 bits per heavy atom. The lowest BCUT2D eigenvalue weighted by Gasteiger charge is -2.05. The van der Waals surface area contributed by atoms with Crippen molar-refractivity contribution in [3.05, 3.63) is 23.3 Å². The van der Waals surface area contributed by atoms with Gasteiger partial charge in [0.15, 0.2) is 5.78 Å². The van der Waals surface area contributed by atoms with E-state index in [0.717, 1.165) is 56.1 Å². The number of carbonyl (C=O) groups is 2. The molecule has 0 radical (unpaired) electrons. The predicted octanol–water partition coefficient (Wildman–Crippen LogP) is 3.88. The molecule has 0 heterocycles. The molecule has 130 valence electrons. The molecular weight excluding hydrogens is 292 g/mol. The minimum absolute atomic E-state index is 0.141. The van der Waals surface area contributed by atoms with Crippen molar-refractivity contribution >= 4 is 11.8 Å². The van der Waals surface area contributed by atoms with Crippen molar-refractivity contribution in [3.8, 4) is 0 Å². The largest absolute Gasteiger partial charge is 0.469 e. The van der Waals surface area contributed by atoms with Crippen molar-refractivity contribution < 1.29 is 19.4 Å². The zero-order chi connectivity index (χ0) is 17.1. The summed E-state index contributed by atoms with van der Waals surface area (Å²) >= 11 is 0.